The lowest BCUT2D eigenvalue weighted by Crippen LogP contribution is -2.41. The molecule has 0 fully saturated rings. The summed E-state index contributed by atoms with van der Waals surface area (Å²) in [4.78, 5) is 23.5. The summed E-state index contributed by atoms with van der Waals surface area (Å²) < 4.78 is 6.40. The summed E-state index contributed by atoms with van der Waals surface area (Å²) in [6.07, 6.45) is 0.169. The number of amides is 1. The molecule has 128 valence electrons. The summed E-state index contributed by atoms with van der Waals surface area (Å²) in [7, 11) is 1.47. The summed E-state index contributed by atoms with van der Waals surface area (Å²) >= 11 is 0. The van der Waals surface area contributed by atoms with Gasteiger partial charge in [0.05, 0.1) is 11.4 Å². The molecule has 1 atom stereocenters. The number of carbonyl (C=O) groups excluding carboxylic acids is 1. The molecule has 0 aliphatic rings. The van der Waals surface area contributed by atoms with Crippen LogP contribution < -0.4 is 5.32 Å². The van der Waals surface area contributed by atoms with Gasteiger partial charge in [-0.2, -0.15) is 0 Å². The number of hydrogen-bond donors (Lipinski definition) is 2. The topological polar surface area (TPSA) is 106 Å². The maximum atomic E-state index is 12.3. The molecular weight excluding hydrogens is 312 g/mol. The van der Waals surface area contributed by atoms with Crippen LogP contribution in [-0.2, 0) is 9.53 Å². The molecule has 1 aromatic carbocycles. The SMILES string of the molecule is COCCC(NC(=O)c1nnn(-c2ccc(C)cc2)c1C)C(=O)O. The predicted octanol–water partition coefficient (Wildman–Crippen LogP) is 1.10. The maximum absolute atomic E-state index is 12.3. The van der Waals surface area contributed by atoms with Gasteiger partial charge in [0.15, 0.2) is 5.69 Å². The minimum Gasteiger partial charge on any atom is -0.480 e. The number of carboxylic acids is 1. The van der Waals surface area contributed by atoms with Crippen molar-refractivity contribution in [3.63, 3.8) is 0 Å². The molecule has 0 aliphatic heterocycles. The molecular formula is C16H20N4O4. The maximum Gasteiger partial charge on any atom is 0.326 e. The van der Waals surface area contributed by atoms with Crippen LogP contribution in [0.25, 0.3) is 5.69 Å². The number of carbonyl (C=O) groups is 2. The molecule has 8 heteroatoms. The Balaban J connectivity index is 2.18. The number of aryl methyl sites for hydroxylation is 1. The first-order valence-electron chi connectivity index (χ1n) is 7.46. The van der Waals surface area contributed by atoms with Crippen LogP contribution in [0.15, 0.2) is 24.3 Å². The fourth-order valence-electron chi connectivity index (χ4n) is 2.19. The van der Waals surface area contributed by atoms with Gasteiger partial charge in [-0.1, -0.05) is 22.9 Å². The molecule has 0 saturated heterocycles. The average Bonchev–Trinajstić information content (AvgIpc) is 2.93. The van der Waals surface area contributed by atoms with Crippen molar-refractivity contribution >= 4 is 11.9 Å². The highest BCUT2D eigenvalue weighted by atomic mass is 16.5. The Morgan fingerprint density at radius 2 is 1.96 bits per heavy atom. The van der Waals surface area contributed by atoms with E-state index in [1.54, 1.807) is 11.6 Å². The molecule has 0 bridgehead atoms. The van der Waals surface area contributed by atoms with Crippen molar-refractivity contribution in [1.82, 2.24) is 20.3 Å². The molecule has 0 spiro atoms. The first kappa shape index (κ1) is 17.6. The second-order valence-electron chi connectivity index (χ2n) is 5.42. The average molecular weight is 332 g/mol. The van der Waals surface area contributed by atoms with E-state index < -0.39 is 17.9 Å². The molecule has 1 amide bonds. The normalized spacial score (nSPS) is 12.0. The van der Waals surface area contributed by atoms with E-state index in [-0.39, 0.29) is 18.7 Å². The van der Waals surface area contributed by atoms with E-state index in [9.17, 15) is 9.59 Å². The lowest BCUT2D eigenvalue weighted by molar-refractivity contribution is -0.139. The van der Waals surface area contributed by atoms with Crippen molar-refractivity contribution in [3.05, 3.63) is 41.2 Å². The van der Waals surface area contributed by atoms with E-state index in [0.29, 0.717) is 5.69 Å². The standard InChI is InChI=1S/C16H20N4O4/c1-10-4-6-12(7-5-10)20-11(2)14(18-19-20)15(21)17-13(16(22)23)8-9-24-3/h4-7,13H,8-9H2,1-3H3,(H,17,21)(H,22,23). The Hall–Kier alpha value is -2.74. The largest absolute Gasteiger partial charge is 0.480 e. The molecule has 2 rings (SSSR count). The molecule has 1 aromatic heterocycles. The number of carboxylic acid groups (broad SMARTS) is 1. The molecule has 0 radical (unpaired) electrons. The van der Waals surface area contributed by atoms with Crippen LogP contribution in [0.5, 0.6) is 0 Å². The number of aromatic nitrogens is 3. The van der Waals surface area contributed by atoms with Crippen LogP contribution in [0.2, 0.25) is 0 Å². The Morgan fingerprint density at radius 3 is 2.54 bits per heavy atom. The molecule has 0 aliphatic carbocycles. The van der Waals surface area contributed by atoms with Crippen molar-refractivity contribution in [2.24, 2.45) is 0 Å². The van der Waals surface area contributed by atoms with Gasteiger partial charge < -0.3 is 15.2 Å². The lowest BCUT2D eigenvalue weighted by Gasteiger charge is -2.13. The third-order valence-electron chi connectivity index (χ3n) is 3.60. The number of rotatable bonds is 7. The van der Waals surface area contributed by atoms with E-state index in [0.717, 1.165) is 11.3 Å². The molecule has 1 unspecified atom stereocenters. The van der Waals surface area contributed by atoms with Crippen LogP contribution in [0.3, 0.4) is 0 Å². The van der Waals surface area contributed by atoms with Gasteiger partial charge in [-0.05, 0) is 26.0 Å². The van der Waals surface area contributed by atoms with Gasteiger partial charge in [-0.25, -0.2) is 9.48 Å². The van der Waals surface area contributed by atoms with Crippen molar-refractivity contribution in [2.45, 2.75) is 26.3 Å². The third-order valence-corrected chi connectivity index (χ3v) is 3.60. The van der Waals surface area contributed by atoms with Crippen LogP contribution in [0.1, 0.15) is 28.2 Å². The summed E-state index contributed by atoms with van der Waals surface area (Å²) in [5, 5.41) is 19.5. The van der Waals surface area contributed by atoms with Crippen LogP contribution in [0.4, 0.5) is 0 Å². The molecule has 24 heavy (non-hydrogen) atoms. The zero-order valence-electron chi connectivity index (χ0n) is 13.8. The number of ether oxygens (including phenoxy) is 1. The number of nitrogens with one attached hydrogen (secondary N) is 1. The van der Waals surface area contributed by atoms with E-state index in [2.05, 4.69) is 15.6 Å². The Labute approximate surface area is 139 Å². The lowest BCUT2D eigenvalue weighted by atomic mass is 10.2. The number of nitrogens with zero attached hydrogens (tertiary/aromatic N) is 3. The van der Waals surface area contributed by atoms with E-state index in [1.807, 2.05) is 31.2 Å². The van der Waals surface area contributed by atoms with Crippen LogP contribution in [-0.4, -0.2) is 51.7 Å². The highest BCUT2D eigenvalue weighted by Crippen LogP contribution is 2.13. The van der Waals surface area contributed by atoms with E-state index >= 15 is 0 Å². The van der Waals surface area contributed by atoms with Crippen molar-refractivity contribution in [2.75, 3.05) is 13.7 Å². The van der Waals surface area contributed by atoms with Gasteiger partial charge >= 0.3 is 5.97 Å². The molecule has 0 saturated carbocycles. The summed E-state index contributed by atoms with van der Waals surface area (Å²) in [5.74, 6) is -1.70. The summed E-state index contributed by atoms with van der Waals surface area (Å²) in [6.45, 7) is 3.91. The monoisotopic (exact) mass is 332 g/mol. The second-order valence-corrected chi connectivity index (χ2v) is 5.42. The van der Waals surface area contributed by atoms with Crippen LogP contribution >= 0.6 is 0 Å². The molecule has 2 aromatic rings. The Bertz CT molecular complexity index is 724. The number of hydrogen-bond acceptors (Lipinski definition) is 5. The van der Waals surface area contributed by atoms with Gasteiger partial charge in [0, 0.05) is 20.1 Å². The zero-order valence-corrected chi connectivity index (χ0v) is 13.8. The summed E-state index contributed by atoms with van der Waals surface area (Å²) in [5.41, 5.74) is 2.52. The quantitative estimate of drug-likeness (QED) is 0.786. The van der Waals surface area contributed by atoms with Gasteiger partial charge in [0.25, 0.3) is 5.91 Å². The second kappa shape index (κ2) is 7.69. The Kier molecular flexibility index (Phi) is 5.64. The minimum absolute atomic E-state index is 0.0965. The van der Waals surface area contributed by atoms with Gasteiger partial charge in [-0.15, -0.1) is 5.10 Å². The Morgan fingerprint density at radius 1 is 1.29 bits per heavy atom. The van der Waals surface area contributed by atoms with E-state index in [1.165, 1.54) is 7.11 Å². The summed E-state index contributed by atoms with van der Waals surface area (Å²) in [6, 6.07) is 6.57. The fourth-order valence-corrected chi connectivity index (χ4v) is 2.19. The first-order valence-corrected chi connectivity index (χ1v) is 7.46. The van der Waals surface area contributed by atoms with Crippen molar-refractivity contribution in [3.8, 4) is 5.69 Å². The van der Waals surface area contributed by atoms with Gasteiger partial charge in [0.2, 0.25) is 0 Å². The molecule has 8 nitrogen and oxygen atoms in total. The van der Waals surface area contributed by atoms with Crippen molar-refractivity contribution in [1.29, 1.82) is 0 Å². The minimum atomic E-state index is -1.12. The third kappa shape index (κ3) is 3.96. The highest BCUT2D eigenvalue weighted by molar-refractivity contribution is 5.95. The first-order chi connectivity index (χ1) is 11.4. The van der Waals surface area contributed by atoms with E-state index in [4.69, 9.17) is 9.84 Å². The smallest absolute Gasteiger partial charge is 0.326 e. The number of benzene rings is 1. The van der Waals surface area contributed by atoms with Gasteiger partial charge in [-0.3, -0.25) is 4.79 Å². The van der Waals surface area contributed by atoms with Crippen molar-refractivity contribution < 1.29 is 19.4 Å². The van der Waals surface area contributed by atoms with Gasteiger partial charge in [0.1, 0.15) is 6.04 Å². The zero-order chi connectivity index (χ0) is 17.7. The highest BCUT2D eigenvalue weighted by Gasteiger charge is 2.24. The van der Waals surface area contributed by atoms with Crippen LogP contribution in [0, 0.1) is 13.8 Å². The number of methoxy groups -OCH3 is 1. The predicted molar refractivity (Wildman–Crippen MR) is 86.2 cm³/mol. The fraction of sp³-hybridized carbons (Fsp3) is 0.375. The molecule has 1 heterocycles. The number of aliphatic carboxylic acids is 1. The molecule has 2 N–H and O–H groups in total.